The van der Waals surface area contributed by atoms with Crippen molar-refractivity contribution in [1.82, 2.24) is 20.0 Å². The lowest BCUT2D eigenvalue weighted by molar-refractivity contribution is -0.141. The second-order valence-electron chi connectivity index (χ2n) is 8.16. The summed E-state index contributed by atoms with van der Waals surface area (Å²) >= 11 is 6.27. The summed E-state index contributed by atoms with van der Waals surface area (Å²) in [6.45, 7) is 4.74. The fraction of sp³-hybridized carbons (Fsp3) is 0.360. The number of hydrogen-bond donors (Lipinski definition) is 0. The number of furan rings is 1. The van der Waals surface area contributed by atoms with Crippen molar-refractivity contribution in [1.29, 1.82) is 0 Å². The first-order valence-electron chi connectivity index (χ1n) is 11.5. The summed E-state index contributed by atoms with van der Waals surface area (Å²) in [7, 11) is 0. The van der Waals surface area contributed by atoms with Gasteiger partial charge in [0, 0.05) is 38.2 Å². The van der Waals surface area contributed by atoms with E-state index in [-0.39, 0.29) is 18.4 Å². The number of carbonyl (C=O) groups is 2. The number of hydrogen-bond acceptors (Lipinski definition) is 6. The van der Waals surface area contributed by atoms with Gasteiger partial charge in [-0.1, -0.05) is 36.7 Å². The Kier molecular flexibility index (Phi) is 7.80. The molecule has 2 aromatic heterocycles. The molecule has 0 bridgehead atoms. The van der Waals surface area contributed by atoms with E-state index in [2.05, 4.69) is 15.1 Å². The van der Waals surface area contributed by atoms with E-state index >= 15 is 0 Å². The number of amides is 2. The Bertz CT molecular complexity index is 1100. The summed E-state index contributed by atoms with van der Waals surface area (Å²) in [4.78, 5) is 30.9. The first kappa shape index (κ1) is 23.8. The van der Waals surface area contributed by atoms with Crippen LogP contribution in [0, 0.1) is 0 Å². The Morgan fingerprint density at radius 2 is 1.88 bits per heavy atom. The highest BCUT2D eigenvalue weighted by atomic mass is 35.5. The molecule has 4 rings (SSSR count). The highest BCUT2D eigenvalue weighted by Crippen LogP contribution is 2.26. The van der Waals surface area contributed by atoms with E-state index < -0.39 is 0 Å². The highest BCUT2D eigenvalue weighted by Gasteiger charge is 2.24. The average Bonchev–Trinajstić information content (AvgIpc) is 3.25. The number of benzene rings is 1. The molecule has 0 atom stereocenters. The average molecular weight is 482 g/mol. The minimum atomic E-state index is -0.0740. The number of carbonyl (C=O) groups excluding carboxylic acids is 2. The maximum absolute atomic E-state index is 13.0. The lowest BCUT2D eigenvalue weighted by Gasteiger charge is -2.26. The molecule has 0 radical (unpaired) electrons. The number of nitrogens with zero attached hydrogens (tertiary/aromatic N) is 5. The van der Waals surface area contributed by atoms with Gasteiger partial charge in [0.05, 0.1) is 23.5 Å². The van der Waals surface area contributed by atoms with E-state index in [1.807, 2.05) is 47.4 Å². The first-order chi connectivity index (χ1) is 16.5. The molecule has 3 aromatic rings. The minimum Gasteiger partial charge on any atom is -0.467 e. The smallest absolute Gasteiger partial charge is 0.242 e. The Morgan fingerprint density at radius 3 is 2.59 bits per heavy atom. The molecule has 1 aromatic carbocycles. The molecule has 178 valence electrons. The highest BCUT2D eigenvalue weighted by molar-refractivity contribution is 6.33. The van der Waals surface area contributed by atoms with Crippen LogP contribution in [0.25, 0.3) is 11.3 Å². The van der Waals surface area contributed by atoms with E-state index in [1.54, 1.807) is 24.2 Å². The van der Waals surface area contributed by atoms with Crippen LogP contribution in [0.3, 0.4) is 0 Å². The van der Waals surface area contributed by atoms with Crippen molar-refractivity contribution in [2.24, 2.45) is 0 Å². The zero-order chi connectivity index (χ0) is 23.9. The summed E-state index contributed by atoms with van der Waals surface area (Å²) in [5, 5.41) is 9.41. The second-order valence-corrected chi connectivity index (χ2v) is 8.57. The molecule has 3 heterocycles. The van der Waals surface area contributed by atoms with Crippen molar-refractivity contribution in [3.8, 4) is 11.3 Å². The molecular weight excluding hydrogens is 454 g/mol. The SMILES string of the molecule is CCC(=O)N(CC(=O)N1CCCN(c2ccc(-c3ccccc3Cl)nn2)CC1)Cc1ccco1. The van der Waals surface area contributed by atoms with Crippen molar-refractivity contribution in [2.75, 3.05) is 37.6 Å². The van der Waals surface area contributed by atoms with E-state index in [0.29, 0.717) is 43.4 Å². The molecule has 0 aliphatic carbocycles. The minimum absolute atomic E-state index is 0.0414. The topological polar surface area (TPSA) is 82.8 Å². The summed E-state index contributed by atoms with van der Waals surface area (Å²) in [5.74, 6) is 1.30. The first-order valence-corrected chi connectivity index (χ1v) is 11.8. The van der Waals surface area contributed by atoms with E-state index in [1.165, 1.54) is 0 Å². The third-order valence-corrected chi connectivity index (χ3v) is 6.21. The number of halogens is 1. The Morgan fingerprint density at radius 1 is 1.03 bits per heavy atom. The fourth-order valence-electron chi connectivity index (χ4n) is 4.01. The van der Waals surface area contributed by atoms with Crippen LogP contribution in [0.4, 0.5) is 5.82 Å². The standard InChI is InChI=1S/C25H28ClN5O3/c1-2-24(32)31(17-19-7-5-16-34-19)18-25(33)30-13-6-12-29(14-15-30)23-11-10-22(27-28-23)20-8-3-4-9-21(20)26/h3-5,7-11,16H,2,6,12-15,17-18H2,1H3. The van der Waals surface area contributed by atoms with Gasteiger partial charge in [0.2, 0.25) is 11.8 Å². The van der Waals surface area contributed by atoms with Crippen molar-refractivity contribution < 1.29 is 14.0 Å². The molecule has 0 spiro atoms. The van der Waals surface area contributed by atoms with Crippen molar-refractivity contribution in [2.45, 2.75) is 26.3 Å². The van der Waals surface area contributed by atoms with Crippen LogP contribution in [0.2, 0.25) is 5.02 Å². The van der Waals surface area contributed by atoms with Gasteiger partial charge in [-0.05, 0) is 36.8 Å². The van der Waals surface area contributed by atoms with Crippen LogP contribution < -0.4 is 4.90 Å². The summed E-state index contributed by atoms with van der Waals surface area (Å²) < 4.78 is 5.37. The number of aromatic nitrogens is 2. The molecule has 1 fully saturated rings. The summed E-state index contributed by atoms with van der Waals surface area (Å²) in [5.41, 5.74) is 1.56. The zero-order valence-corrected chi connectivity index (χ0v) is 19.9. The van der Waals surface area contributed by atoms with Gasteiger partial charge >= 0.3 is 0 Å². The largest absolute Gasteiger partial charge is 0.467 e. The Labute approximate surface area is 204 Å². The maximum Gasteiger partial charge on any atom is 0.242 e. The Balaban J connectivity index is 1.37. The zero-order valence-electron chi connectivity index (χ0n) is 19.2. The van der Waals surface area contributed by atoms with Gasteiger partial charge in [0.15, 0.2) is 5.82 Å². The van der Waals surface area contributed by atoms with E-state index in [9.17, 15) is 9.59 Å². The fourth-order valence-corrected chi connectivity index (χ4v) is 4.24. The predicted molar refractivity (Wildman–Crippen MR) is 130 cm³/mol. The molecule has 0 saturated carbocycles. The lowest BCUT2D eigenvalue weighted by atomic mass is 10.1. The van der Waals surface area contributed by atoms with Gasteiger partial charge in [-0.2, -0.15) is 0 Å². The van der Waals surface area contributed by atoms with Crippen molar-refractivity contribution in [3.05, 3.63) is 65.6 Å². The third kappa shape index (κ3) is 5.75. The molecule has 1 saturated heterocycles. The van der Waals surface area contributed by atoms with Crippen molar-refractivity contribution in [3.63, 3.8) is 0 Å². The van der Waals surface area contributed by atoms with Crippen LogP contribution in [0.15, 0.2) is 59.2 Å². The van der Waals surface area contributed by atoms with E-state index in [0.717, 1.165) is 30.0 Å². The van der Waals surface area contributed by atoms with Crippen LogP contribution in [-0.4, -0.2) is 64.5 Å². The van der Waals surface area contributed by atoms with Crippen LogP contribution in [0.5, 0.6) is 0 Å². The molecule has 34 heavy (non-hydrogen) atoms. The van der Waals surface area contributed by atoms with Gasteiger partial charge in [-0.25, -0.2) is 0 Å². The molecular formula is C25H28ClN5O3. The van der Waals surface area contributed by atoms with Gasteiger partial charge in [-0.15, -0.1) is 10.2 Å². The summed E-state index contributed by atoms with van der Waals surface area (Å²) in [6, 6.07) is 15.0. The van der Waals surface area contributed by atoms with E-state index in [4.69, 9.17) is 16.0 Å². The molecule has 0 N–H and O–H groups in total. The normalized spacial score (nSPS) is 14.1. The maximum atomic E-state index is 13.0. The molecule has 1 aliphatic heterocycles. The lowest BCUT2D eigenvalue weighted by Crippen LogP contribution is -2.43. The van der Waals surface area contributed by atoms with Crippen LogP contribution >= 0.6 is 11.6 Å². The van der Waals surface area contributed by atoms with Gasteiger partial charge in [0.25, 0.3) is 0 Å². The third-order valence-electron chi connectivity index (χ3n) is 5.88. The van der Waals surface area contributed by atoms with Gasteiger partial charge in [-0.3, -0.25) is 9.59 Å². The summed E-state index contributed by atoms with van der Waals surface area (Å²) in [6.07, 6.45) is 2.71. The second kappa shape index (κ2) is 11.2. The van der Waals surface area contributed by atoms with Gasteiger partial charge < -0.3 is 19.1 Å². The quantitative estimate of drug-likeness (QED) is 0.509. The molecule has 0 unspecified atom stereocenters. The number of anilines is 1. The van der Waals surface area contributed by atoms with Crippen molar-refractivity contribution >= 4 is 29.2 Å². The molecule has 9 heteroatoms. The van der Waals surface area contributed by atoms with Crippen LogP contribution in [0.1, 0.15) is 25.5 Å². The predicted octanol–water partition coefficient (Wildman–Crippen LogP) is 3.87. The molecule has 1 aliphatic rings. The van der Waals surface area contributed by atoms with Crippen LogP contribution in [-0.2, 0) is 16.1 Å². The molecule has 8 nitrogen and oxygen atoms in total. The Hall–Kier alpha value is -3.39. The van der Waals surface area contributed by atoms with Gasteiger partial charge in [0.1, 0.15) is 12.3 Å². The molecule has 2 amide bonds. The monoisotopic (exact) mass is 481 g/mol. The number of rotatable bonds is 7.